The van der Waals surface area contributed by atoms with Gasteiger partial charge < -0.3 is 14.4 Å². The minimum atomic E-state index is -0.468. The number of hydrogen-bond donors (Lipinski definition) is 1. The lowest BCUT2D eigenvalue weighted by Crippen LogP contribution is -2.51. The molecule has 0 spiro atoms. The van der Waals surface area contributed by atoms with Gasteiger partial charge in [-0.3, -0.25) is 0 Å². The van der Waals surface area contributed by atoms with E-state index in [-0.39, 0.29) is 5.56 Å². The Balaban J connectivity index is 1.50. The lowest BCUT2D eigenvalue weighted by atomic mass is 10.0. The van der Waals surface area contributed by atoms with Crippen LogP contribution in [0.5, 0.6) is 0 Å². The van der Waals surface area contributed by atoms with Crippen LogP contribution in [0, 0.1) is 22.7 Å². The number of aliphatic hydroxyl groups excluding tert-OH is 1. The van der Waals surface area contributed by atoms with Crippen LogP contribution < -0.4 is 4.90 Å². The molecule has 0 saturated carbocycles. The summed E-state index contributed by atoms with van der Waals surface area (Å²) in [4.78, 5) is 15.4. The minimum absolute atomic E-state index is 0.286. The number of aromatic nitrogens is 3. The van der Waals surface area contributed by atoms with Crippen molar-refractivity contribution in [2.75, 3.05) is 18.0 Å². The van der Waals surface area contributed by atoms with Gasteiger partial charge in [0.25, 0.3) is 0 Å². The zero-order valence-electron chi connectivity index (χ0n) is 17.5. The topological polar surface area (TPSA) is 123 Å². The Labute approximate surface area is 208 Å². The van der Waals surface area contributed by atoms with Crippen molar-refractivity contribution < 1.29 is 9.52 Å². The van der Waals surface area contributed by atoms with Crippen LogP contribution in [0.3, 0.4) is 0 Å². The average molecular weight is 507 g/mol. The van der Waals surface area contributed by atoms with Crippen LogP contribution in [-0.2, 0) is 5.75 Å². The van der Waals surface area contributed by atoms with Gasteiger partial charge in [0.05, 0.1) is 22.9 Å². The number of aliphatic hydroxyl groups is 1. The molecule has 1 aromatic carbocycles. The maximum absolute atomic E-state index is 10.00. The van der Waals surface area contributed by atoms with Crippen LogP contribution in [0.15, 0.2) is 51.5 Å². The molecule has 0 atom stereocenters. The molecule has 5 rings (SSSR count). The zero-order valence-corrected chi connectivity index (χ0v) is 19.9. The van der Waals surface area contributed by atoms with Crippen molar-refractivity contribution in [1.82, 2.24) is 15.0 Å². The fraction of sp³-hybridized carbons (Fsp3) is 0.174. The van der Waals surface area contributed by atoms with E-state index in [1.54, 1.807) is 30.0 Å². The summed E-state index contributed by atoms with van der Waals surface area (Å²) in [7, 11) is 0. The number of β-amino-alcohol motifs (C(OH)–C–C–N with tert-alkyl or cyclic N) is 1. The van der Waals surface area contributed by atoms with Crippen molar-refractivity contribution in [2.45, 2.75) is 16.9 Å². The predicted molar refractivity (Wildman–Crippen MR) is 130 cm³/mol. The van der Waals surface area contributed by atoms with Gasteiger partial charge in [0, 0.05) is 41.0 Å². The van der Waals surface area contributed by atoms with Crippen molar-refractivity contribution in [1.29, 1.82) is 10.5 Å². The molecule has 0 bridgehead atoms. The Kier molecular flexibility index (Phi) is 6.22. The van der Waals surface area contributed by atoms with Crippen molar-refractivity contribution in [3.05, 3.63) is 63.9 Å². The number of thiazole rings is 1. The first kappa shape index (κ1) is 22.4. The van der Waals surface area contributed by atoms with Gasteiger partial charge in [-0.2, -0.15) is 10.5 Å². The summed E-state index contributed by atoms with van der Waals surface area (Å²) in [6, 6.07) is 11.6. The van der Waals surface area contributed by atoms with Gasteiger partial charge in [-0.15, -0.1) is 11.3 Å². The highest BCUT2D eigenvalue weighted by atomic mass is 35.5. The molecule has 0 aliphatic carbocycles. The number of pyridine rings is 1. The largest absolute Gasteiger partial charge is 0.444 e. The zero-order chi connectivity index (χ0) is 23.7. The Morgan fingerprint density at radius 1 is 1.18 bits per heavy atom. The maximum atomic E-state index is 10.00. The molecule has 4 heterocycles. The van der Waals surface area contributed by atoms with E-state index in [1.807, 2.05) is 17.0 Å². The summed E-state index contributed by atoms with van der Waals surface area (Å²) < 4.78 is 5.61. The number of hydrogen-bond acceptors (Lipinski definition) is 10. The number of nitrogens with zero attached hydrogens (tertiary/aromatic N) is 6. The molecule has 1 aliphatic rings. The van der Waals surface area contributed by atoms with Crippen LogP contribution in [-0.4, -0.2) is 39.3 Å². The summed E-state index contributed by atoms with van der Waals surface area (Å²) in [6.45, 7) is 0.755. The quantitative estimate of drug-likeness (QED) is 0.369. The number of anilines is 1. The monoisotopic (exact) mass is 506 g/mol. The Bertz CT molecular complexity index is 1420. The number of halogens is 1. The molecule has 1 N–H and O–H groups in total. The second-order valence-electron chi connectivity index (χ2n) is 7.42. The Hall–Kier alpha value is -3.41. The third-order valence-electron chi connectivity index (χ3n) is 5.18. The Morgan fingerprint density at radius 3 is 2.59 bits per heavy atom. The average Bonchev–Trinajstić information content (AvgIpc) is 3.52. The third-order valence-corrected chi connectivity index (χ3v) is 7.23. The molecule has 3 aromatic heterocycles. The normalized spacial score (nSPS) is 13.4. The van der Waals surface area contributed by atoms with Crippen molar-refractivity contribution in [2.24, 2.45) is 0 Å². The smallest absolute Gasteiger partial charge is 0.226 e. The number of rotatable bonds is 6. The molecule has 1 fully saturated rings. The van der Waals surface area contributed by atoms with E-state index in [0.29, 0.717) is 62.4 Å². The molecular formula is C23H15ClN6O2S2. The van der Waals surface area contributed by atoms with Gasteiger partial charge in [0.15, 0.2) is 0 Å². The molecule has 4 aromatic rings. The first-order valence-corrected chi connectivity index (χ1v) is 12.4. The van der Waals surface area contributed by atoms with Crippen LogP contribution in [0.4, 0.5) is 5.82 Å². The minimum Gasteiger partial charge on any atom is -0.444 e. The van der Waals surface area contributed by atoms with Crippen LogP contribution in [0.25, 0.3) is 22.0 Å². The van der Waals surface area contributed by atoms with Crippen molar-refractivity contribution in [3.63, 3.8) is 0 Å². The molecule has 1 aliphatic heterocycles. The van der Waals surface area contributed by atoms with E-state index in [1.165, 1.54) is 23.1 Å². The van der Waals surface area contributed by atoms with E-state index in [4.69, 9.17) is 16.0 Å². The molecule has 8 nitrogen and oxygen atoms in total. The lowest BCUT2D eigenvalue weighted by Gasteiger charge is -2.37. The lowest BCUT2D eigenvalue weighted by molar-refractivity contribution is 0.141. The van der Waals surface area contributed by atoms with Gasteiger partial charge in [0.1, 0.15) is 39.8 Å². The highest BCUT2D eigenvalue weighted by Gasteiger charge is 2.32. The van der Waals surface area contributed by atoms with Gasteiger partial charge in [-0.25, -0.2) is 15.0 Å². The molecule has 1 saturated heterocycles. The summed E-state index contributed by atoms with van der Waals surface area (Å²) in [5.74, 6) is 1.32. The summed E-state index contributed by atoms with van der Waals surface area (Å²) >= 11 is 8.64. The molecule has 0 radical (unpaired) electrons. The summed E-state index contributed by atoms with van der Waals surface area (Å²) in [6.07, 6.45) is 2.74. The second kappa shape index (κ2) is 9.45. The second-order valence-corrected chi connectivity index (χ2v) is 9.72. The molecule has 0 amide bonds. The summed E-state index contributed by atoms with van der Waals surface area (Å²) in [5.41, 5.74) is 2.54. The highest BCUT2D eigenvalue weighted by Crippen LogP contribution is 2.40. The van der Waals surface area contributed by atoms with E-state index < -0.39 is 6.10 Å². The van der Waals surface area contributed by atoms with Gasteiger partial charge in [-0.05, 0) is 24.3 Å². The standard InChI is InChI=1S/C23H15ClN6O2S2/c24-14-3-1-13(2-4-14)21-28-15(11-32-21)12-34-22-18(8-26)19(23-27-5-6-33-23)17(7-25)20(29-22)30-9-16(31)10-30/h1-6,11,16,31H,9-10,12H2. The highest BCUT2D eigenvalue weighted by molar-refractivity contribution is 7.98. The predicted octanol–water partition coefficient (Wildman–Crippen LogP) is 4.73. The van der Waals surface area contributed by atoms with Crippen molar-refractivity contribution in [3.8, 4) is 34.2 Å². The third kappa shape index (κ3) is 4.25. The molecule has 168 valence electrons. The number of thioether (sulfide) groups is 1. The molecule has 0 unspecified atom stereocenters. The van der Waals surface area contributed by atoms with Gasteiger partial charge in [0.2, 0.25) is 5.89 Å². The molecular weight excluding hydrogens is 492 g/mol. The van der Waals surface area contributed by atoms with Crippen LogP contribution in [0.2, 0.25) is 5.02 Å². The van der Waals surface area contributed by atoms with E-state index in [0.717, 1.165) is 5.56 Å². The molecule has 11 heteroatoms. The van der Waals surface area contributed by atoms with E-state index in [9.17, 15) is 15.6 Å². The van der Waals surface area contributed by atoms with Gasteiger partial charge in [-0.1, -0.05) is 23.4 Å². The van der Waals surface area contributed by atoms with E-state index >= 15 is 0 Å². The Morgan fingerprint density at radius 2 is 1.94 bits per heavy atom. The SMILES string of the molecule is N#Cc1c(SCc2coc(-c3ccc(Cl)cc3)n2)nc(N2CC(O)C2)c(C#N)c1-c1nccs1. The molecule has 34 heavy (non-hydrogen) atoms. The summed E-state index contributed by atoms with van der Waals surface area (Å²) in [5, 5.41) is 33.2. The number of oxazole rings is 1. The first-order chi connectivity index (χ1) is 16.6. The van der Waals surface area contributed by atoms with Gasteiger partial charge >= 0.3 is 0 Å². The van der Waals surface area contributed by atoms with Crippen LogP contribution in [0.1, 0.15) is 16.8 Å². The maximum Gasteiger partial charge on any atom is 0.226 e. The first-order valence-electron chi connectivity index (χ1n) is 10.1. The van der Waals surface area contributed by atoms with E-state index in [2.05, 4.69) is 27.1 Å². The van der Waals surface area contributed by atoms with Crippen molar-refractivity contribution >= 4 is 40.5 Å². The fourth-order valence-corrected chi connectivity index (χ4v) is 5.20. The van der Waals surface area contributed by atoms with Crippen LogP contribution >= 0.6 is 34.7 Å². The number of nitriles is 2. The fourth-order valence-electron chi connectivity index (χ4n) is 3.52. The number of benzene rings is 1.